The molecule has 66 valence electrons. The maximum Gasteiger partial charge on any atom is 0.292 e. The highest BCUT2D eigenvalue weighted by Crippen LogP contribution is 2.18. The van der Waals surface area contributed by atoms with Crippen molar-refractivity contribution < 1.29 is 9.21 Å². The third kappa shape index (κ3) is 1.36. The highest BCUT2D eigenvalue weighted by Gasteiger charge is 2.06. The minimum Gasteiger partial charge on any atom is -0.424 e. The number of halogens is 1. The van der Waals surface area contributed by atoms with Crippen LogP contribution >= 0.6 is 11.6 Å². The Bertz CT molecular complexity index is 478. The molecule has 4 nitrogen and oxygen atoms in total. The first-order valence-corrected chi connectivity index (χ1v) is 3.90. The Hall–Kier alpha value is -1.55. The molecule has 0 radical (unpaired) electrons. The molecule has 0 aliphatic rings. The molecule has 0 aliphatic heterocycles. The minimum atomic E-state index is -0.525. The Morgan fingerprint density at radius 2 is 2.31 bits per heavy atom. The Morgan fingerprint density at radius 3 is 3.00 bits per heavy atom. The van der Waals surface area contributed by atoms with E-state index in [4.69, 9.17) is 21.8 Å². The second-order valence-electron chi connectivity index (χ2n) is 2.51. The number of aromatic nitrogens is 1. The quantitative estimate of drug-likeness (QED) is 0.706. The predicted octanol–water partition coefficient (Wildman–Crippen LogP) is 1.79. The molecule has 0 saturated carbocycles. The van der Waals surface area contributed by atoms with Gasteiger partial charge >= 0.3 is 0 Å². The van der Waals surface area contributed by atoms with Gasteiger partial charge in [0.25, 0.3) is 11.3 Å². The van der Waals surface area contributed by atoms with E-state index in [0.29, 0.717) is 16.7 Å². The van der Waals surface area contributed by atoms with Crippen molar-refractivity contribution in [2.24, 2.45) is 0 Å². The molecule has 2 aromatic rings. The smallest absolute Gasteiger partial charge is 0.292 e. The number of benzene rings is 1. The first-order chi connectivity index (χ1) is 6.16. The molecule has 0 spiro atoms. The lowest BCUT2D eigenvalue weighted by molar-refractivity contribution is 0.108. The van der Waals surface area contributed by atoms with Crippen LogP contribution in [0.2, 0.25) is 0 Å². The average Bonchev–Trinajstić information content (AvgIpc) is 2.42. The zero-order chi connectivity index (χ0) is 9.42. The molecular formula is C8H5ClN2O2. The van der Waals surface area contributed by atoms with Gasteiger partial charge in [-0.2, -0.15) is 4.98 Å². The second-order valence-corrected chi connectivity index (χ2v) is 2.85. The van der Waals surface area contributed by atoms with Crippen molar-refractivity contribution in [3.05, 3.63) is 23.8 Å². The summed E-state index contributed by atoms with van der Waals surface area (Å²) < 4.78 is 5.01. The summed E-state index contributed by atoms with van der Waals surface area (Å²) in [7, 11) is 0. The van der Waals surface area contributed by atoms with Gasteiger partial charge in [0.05, 0.1) is 0 Å². The number of nitrogen functional groups attached to an aromatic ring is 1. The van der Waals surface area contributed by atoms with Crippen molar-refractivity contribution in [2.45, 2.75) is 0 Å². The summed E-state index contributed by atoms with van der Waals surface area (Å²) in [6.07, 6.45) is 0. The number of carbonyl (C=O) groups is 1. The van der Waals surface area contributed by atoms with E-state index < -0.39 is 5.24 Å². The summed E-state index contributed by atoms with van der Waals surface area (Å²) >= 11 is 5.28. The first-order valence-electron chi connectivity index (χ1n) is 3.53. The van der Waals surface area contributed by atoms with E-state index in [2.05, 4.69) is 4.98 Å². The van der Waals surface area contributed by atoms with Gasteiger partial charge in [0.2, 0.25) is 0 Å². The first kappa shape index (κ1) is 8.07. The zero-order valence-corrected chi connectivity index (χ0v) is 7.21. The summed E-state index contributed by atoms with van der Waals surface area (Å²) in [6, 6.07) is 4.77. The van der Waals surface area contributed by atoms with Gasteiger partial charge in [-0.15, -0.1) is 0 Å². The number of rotatable bonds is 1. The van der Waals surface area contributed by atoms with Crippen molar-refractivity contribution in [3.8, 4) is 0 Å². The van der Waals surface area contributed by atoms with Gasteiger partial charge in [-0.05, 0) is 29.8 Å². The number of oxazole rings is 1. The van der Waals surface area contributed by atoms with Gasteiger partial charge in [-0.1, -0.05) is 0 Å². The van der Waals surface area contributed by atoms with E-state index >= 15 is 0 Å². The Morgan fingerprint density at radius 1 is 1.54 bits per heavy atom. The van der Waals surface area contributed by atoms with Crippen LogP contribution in [0.25, 0.3) is 11.1 Å². The SMILES string of the molecule is Nc1nc2cc(C(=O)Cl)ccc2o1. The highest BCUT2D eigenvalue weighted by atomic mass is 35.5. The number of carbonyl (C=O) groups excluding carboxylic acids is 1. The predicted molar refractivity (Wildman–Crippen MR) is 48.6 cm³/mol. The molecule has 0 aliphatic carbocycles. The molecule has 1 aromatic heterocycles. The number of nitrogens with zero attached hydrogens (tertiary/aromatic N) is 1. The fourth-order valence-electron chi connectivity index (χ4n) is 1.07. The Balaban J connectivity index is 2.67. The van der Waals surface area contributed by atoms with Gasteiger partial charge < -0.3 is 10.2 Å². The molecular weight excluding hydrogens is 192 g/mol. The van der Waals surface area contributed by atoms with Crippen molar-refractivity contribution >= 4 is 34.0 Å². The van der Waals surface area contributed by atoms with Crippen LogP contribution in [0.1, 0.15) is 10.4 Å². The largest absolute Gasteiger partial charge is 0.424 e. The van der Waals surface area contributed by atoms with E-state index in [-0.39, 0.29) is 6.01 Å². The van der Waals surface area contributed by atoms with Gasteiger partial charge in [0.1, 0.15) is 5.52 Å². The molecule has 2 N–H and O–H groups in total. The van der Waals surface area contributed by atoms with E-state index in [9.17, 15) is 4.79 Å². The van der Waals surface area contributed by atoms with Crippen molar-refractivity contribution in [2.75, 3.05) is 5.73 Å². The minimum absolute atomic E-state index is 0.0779. The Kier molecular flexibility index (Phi) is 1.70. The van der Waals surface area contributed by atoms with Crippen molar-refractivity contribution in [1.82, 2.24) is 4.98 Å². The van der Waals surface area contributed by atoms with Crippen LogP contribution in [0.15, 0.2) is 22.6 Å². The normalized spacial score (nSPS) is 10.5. The topological polar surface area (TPSA) is 69.1 Å². The number of hydrogen-bond acceptors (Lipinski definition) is 4. The van der Waals surface area contributed by atoms with Crippen LogP contribution in [0.4, 0.5) is 6.01 Å². The molecule has 2 rings (SSSR count). The number of nitrogens with two attached hydrogens (primary N) is 1. The third-order valence-electron chi connectivity index (χ3n) is 1.63. The monoisotopic (exact) mass is 196 g/mol. The molecule has 0 amide bonds. The molecule has 0 saturated heterocycles. The second kappa shape index (κ2) is 2.74. The van der Waals surface area contributed by atoms with Crippen LogP contribution in [0, 0.1) is 0 Å². The van der Waals surface area contributed by atoms with E-state index in [1.54, 1.807) is 12.1 Å². The molecule has 1 heterocycles. The van der Waals surface area contributed by atoms with Crippen LogP contribution < -0.4 is 5.73 Å². The summed E-state index contributed by atoms with van der Waals surface area (Å²) in [6.45, 7) is 0. The molecule has 0 unspecified atom stereocenters. The molecule has 0 atom stereocenters. The molecule has 13 heavy (non-hydrogen) atoms. The summed E-state index contributed by atoms with van der Waals surface area (Å²) in [5.74, 6) is 0. The summed E-state index contributed by atoms with van der Waals surface area (Å²) in [5, 5.41) is -0.525. The van der Waals surface area contributed by atoms with Gasteiger partial charge in [-0.25, -0.2) is 0 Å². The highest BCUT2D eigenvalue weighted by molar-refractivity contribution is 6.67. The summed E-state index contributed by atoms with van der Waals surface area (Å²) in [5.41, 5.74) is 6.77. The van der Waals surface area contributed by atoms with Crippen molar-refractivity contribution in [3.63, 3.8) is 0 Å². The van der Waals surface area contributed by atoms with Crippen LogP contribution in [0.3, 0.4) is 0 Å². The number of fused-ring (bicyclic) bond motifs is 1. The van der Waals surface area contributed by atoms with Gasteiger partial charge in [0.15, 0.2) is 5.58 Å². The fraction of sp³-hybridized carbons (Fsp3) is 0. The van der Waals surface area contributed by atoms with E-state index in [0.717, 1.165) is 0 Å². The summed E-state index contributed by atoms with van der Waals surface area (Å²) in [4.78, 5) is 14.6. The van der Waals surface area contributed by atoms with Crippen LogP contribution in [-0.2, 0) is 0 Å². The Labute approximate surface area is 78.3 Å². The van der Waals surface area contributed by atoms with Crippen molar-refractivity contribution in [1.29, 1.82) is 0 Å². The molecule has 5 heteroatoms. The zero-order valence-electron chi connectivity index (χ0n) is 6.45. The van der Waals surface area contributed by atoms with Crippen LogP contribution in [-0.4, -0.2) is 10.2 Å². The lowest BCUT2D eigenvalue weighted by Crippen LogP contribution is -1.87. The van der Waals surface area contributed by atoms with E-state index in [1.807, 2.05) is 0 Å². The maximum absolute atomic E-state index is 10.8. The number of anilines is 1. The van der Waals surface area contributed by atoms with E-state index in [1.165, 1.54) is 6.07 Å². The molecule has 1 aromatic carbocycles. The lowest BCUT2D eigenvalue weighted by Gasteiger charge is -1.90. The van der Waals surface area contributed by atoms with Crippen LogP contribution in [0.5, 0.6) is 0 Å². The lowest BCUT2D eigenvalue weighted by atomic mass is 10.2. The third-order valence-corrected chi connectivity index (χ3v) is 1.85. The van der Waals surface area contributed by atoms with Gasteiger partial charge in [0, 0.05) is 5.56 Å². The standard InChI is InChI=1S/C8H5ClN2O2/c9-7(12)4-1-2-6-5(3-4)11-8(10)13-6/h1-3H,(H2,10,11). The maximum atomic E-state index is 10.8. The molecule has 0 fully saturated rings. The number of hydrogen-bond donors (Lipinski definition) is 1. The van der Waals surface area contributed by atoms with Gasteiger partial charge in [-0.3, -0.25) is 4.79 Å². The average molecular weight is 197 g/mol. The molecule has 0 bridgehead atoms. The fourth-order valence-corrected chi connectivity index (χ4v) is 1.19.